The SMILES string of the molecule is C=CCC1(Cl)C=CC(O)=CC1. The Morgan fingerprint density at radius 2 is 2.55 bits per heavy atom. The topological polar surface area (TPSA) is 20.2 Å². The Balaban J connectivity index is 2.65. The van der Waals surface area contributed by atoms with Gasteiger partial charge in [0.05, 0.1) is 4.87 Å². The van der Waals surface area contributed by atoms with Crippen LogP contribution in [-0.2, 0) is 0 Å². The molecule has 1 nitrogen and oxygen atoms in total. The standard InChI is InChI=1S/C9H11ClO/c1-2-5-9(10)6-3-8(11)4-7-9/h2-4,6,11H,1,5,7H2. The molecule has 0 aromatic rings. The molecular weight excluding hydrogens is 160 g/mol. The number of aliphatic hydroxyl groups excluding tert-OH is 1. The highest BCUT2D eigenvalue weighted by molar-refractivity contribution is 6.25. The van der Waals surface area contributed by atoms with Crippen LogP contribution >= 0.6 is 11.6 Å². The second-order valence-electron chi connectivity index (χ2n) is 2.69. The van der Waals surface area contributed by atoms with Gasteiger partial charge >= 0.3 is 0 Å². The van der Waals surface area contributed by atoms with Gasteiger partial charge in [0.15, 0.2) is 0 Å². The minimum atomic E-state index is -0.353. The van der Waals surface area contributed by atoms with E-state index in [1.807, 2.05) is 6.08 Å². The third-order valence-electron chi connectivity index (χ3n) is 1.69. The molecule has 1 aliphatic rings. The monoisotopic (exact) mass is 170 g/mol. The summed E-state index contributed by atoms with van der Waals surface area (Å²) in [4.78, 5) is -0.353. The molecule has 0 aromatic carbocycles. The Bertz CT molecular complexity index is 218. The molecule has 1 rings (SSSR count). The lowest BCUT2D eigenvalue weighted by Gasteiger charge is -2.22. The van der Waals surface area contributed by atoms with Gasteiger partial charge in [-0.3, -0.25) is 0 Å². The Morgan fingerprint density at radius 1 is 1.82 bits per heavy atom. The van der Waals surface area contributed by atoms with Gasteiger partial charge in [-0.2, -0.15) is 0 Å². The van der Waals surface area contributed by atoms with E-state index < -0.39 is 0 Å². The number of halogens is 1. The zero-order valence-electron chi connectivity index (χ0n) is 6.26. The lowest BCUT2D eigenvalue weighted by atomic mass is 9.96. The average molecular weight is 171 g/mol. The van der Waals surface area contributed by atoms with Crippen LogP contribution in [0.5, 0.6) is 0 Å². The van der Waals surface area contributed by atoms with Crippen molar-refractivity contribution in [1.29, 1.82) is 0 Å². The van der Waals surface area contributed by atoms with Crippen LogP contribution < -0.4 is 0 Å². The van der Waals surface area contributed by atoms with E-state index in [1.165, 1.54) is 0 Å². The van der Waals surface area contributed by atoms with Gasteiger partial charge in [0.25, 0.3) is 0 Å². The largest absolute Gasteiger partial charge is 0.508 e. The van der Waals surface area contributed by atoms with Crippen molar-refractivity contribution in [2.45, 2.75) is 17.7 Å². The van der Waals surface area contributed by atoms with Crippen LogP contribution in [0.4, 0.5) is 0 Å². The minimum Gasteiger partial charge on any atom is -0.508 e. The number of allylic oxidation sites excluding steroid dienone is 4. The maximum Gasteiger partial charge on any atom is 0.111 e. The van der Waals surface area contributed by atoms with Crippen molar-refractivity contribution in [3.63, 3.8) is 0 Å². The van der Waals surface area contributed by atoms with Crippen LogP contribution in [0, 0.1) is 0 Å². The van der Waals surface area contributed by atoms with E-state index in [9.17, 15) is 0 Å². The molecule has 1 aliphatic carbocycles. The molecule has 2 heteroatoms. The Labute approximate surface area is 71.7 Å². The smallest absolute Gasteiger partial charge is 0.111 e. The molecule has 0 radical (unpaired) electrons. The van der Waals surface area contributed by atoms with Gasteiger partial charge in [0, 0.05) is 0 Å². The number of hydrogen-bond acceptors (Lipinski definition) is 1. The Kier molecular flexibility index (Phi) is 2.40. The van der Waals surface area contributed by atoms with Crippen molar-refractivity contribution in [2.75, 3.05) is 0 Å². The molecule has 0 bridgehead atoms. The molecule has 60 valence electrons. The lowest BCUT2D eigenvalue weighted by molar-refractivity contribution is 0.423. The maximum atomic E-state index is 9.00. The summed E-state index contributed by atoms with van der Waals surface area (Å²) in [5, 5.41) is 9.00. The quantitative estimate of drug-likeness (QED) is 0.499. The van der Waals surface area contributed by atoms with Gasteiger partial charge < -0.3 is 5.11 Å². The number of alkyl halides is 1. The normalized spacial score (nSPS) is 29.7. The van der Waals surface area contributed by atoms with Crippen LogP contribution in [0.3, 0.4) is 0 Å². The van der Waals surface area contributed by atoms with E-state index in [2.05, 4.69) is 6.58 Å². The summed E-state index contributed by atoms with van der Waals surface area (Å²) in [6.45, 7) is 3.62. The fraction of sp³-hybridized carbons (Fsp3) is 0.333. The van der Waals surface area contributed by atoms with Crippen molar-refractivity contribution in [2.24, 2.45) is 0 Å². The lowest BCUT2D eigenvalue weighted by Crippen LogP contribution is -2.18. The molecule has 11 heavy (non-hydrogen) atoms. The molecule has 0 amide bonds. The zero-order chi connectivity index (χ0) is 8.32. The van der Waals surface area contributed by atoms with Crippen molar-refractivity contribution < 1.29 is 5.11 Å². The van der Waals surface area contributed by atoms with Crippen LogP contribution in [0.1, 0.15) is 12.8 Å². The molecule has 0 saturated carbocycles. The van der Waals surface area contributed by atoms with Crippen molar-refractivity contribution >= 4 is 11.6 Å². The first-order valence-electron chi connectivity index (χ1n) is 3.54. The van der Waals surface area contributed by atoms with Crippen molar-refractivity contribution in [3.05, 3.63) is 36.6 Å². The predicted molar refractivity (Wildman–Crippen MR) is 47.9 cm³/mol. The van der Waals surface area contributed by atoms with Gasteiger partial charge in [0.2, 0.25) is 0 Å². The Hall–Kier alpha value is -0.690. The summed E-state index contributed by atoms with van der Waals surface area (Å²) >= 11 is 6.13. The molecule has 1 unspecified atom stereocenters. The highest BCUT2D eigenvalue weighted by atomic mass is 35.5. The number of aliphatic hydroxyl groups is 1. The third kappa shape index (κ3) is 2.12. The molecule has 0 aliphatic heterocycles. The van der Waals surface area contributed by atoms with Gasteiger partial charge in [-0.15, -0.1) is 18.2 Å². The van der Waals surface area contributed by atoms with Crippen LogP contribution in [0.25, 0.3) is 0 Å². The summed E-state index contributed by atoms with van der Waals surface area (Å²) in [6, 6.07) is 0. The molecule has 0 spiro atoms. The van der Waals surface area contributed by atoms with Gasteiger partial charge in [-0.25, -0.2) is 0 Å². The number of hydrogen-bond donors (Lipinski definition) is 1. The maximum absolute atomic E-state index is 9.00. The highest BCUT2D eigenvalue weighted by Crippen LogP contribution is 2.30. The first-order valence-corrected chi connectivity index (χ1v) is 3.92. The summed E-state index contributed by atoms with van der Waals surface area (Å²) in [7, 11) is 0. The van der Waals surface area contributed by atoms with E-state index in [0.717, 1.165) is 6.42 Å². The van der Waals surface area contributed by atoms with E-state index >= 15 is 0 Å². The molecular formula is C9H11ClO. The van der Waals surface area contributed by atoms with Gasteiger partial charge in [-0.1, -0.05) is 12.2 Å². The molecule has 1 atom stereocenters. The van der Waals surface area contributed by atoms with Crippen molar-refractivity contribution in [1.82, 2.24) is 0 Å². The first-order chi connectivity index (χ1) is 5.16. The van der Waals surface area contributed by atoms with E-state index in [4.69, 9.17) is 16.7 Å². The van der Waals surface area contributed by atoms with Crippen molar-refractivity contribution in [3.8, 4) is 0 Å². The molecule has 0 saturated heterocycles. The third-order valence-corrected chi connectivity index (χ3v) is 2.12. The van der Waals surface area contributed by atoms with Crippen LogP contribution in [0.15, 0.2) is 36.6 Å². The summed E-state index contributed by atoms with van der Waals surface area (Å²) < 4.78 is 0. The number of rotatable bonds is 2. The highest BCUT2D eigenvalue weighted by Gasteiger charge is 2.23. The summed E-state index contributed by atoms with van der Waals surface area (Å²) in [5.74, 6) is 0.297. The molecule has 0 aromatic heterocycles. The molecule has 0 fully saturated rings. The average Bonchev–Trinajstić information content (AvgIpc) is 1.97. The van der Waals surface area contributed by atoms with E-state index in [-0.39, 0.29) is 4.87 Å². The summed E-state index contributed by atoms with van der Waals surface area (Å²) in [5.41, 5.74) is 0. The van der Waals surface area contributed by atoms with Gasteiger partial charge in [-0.05, 0) is 25.0 Å². The molecule has 1 N–H and O–H groups in total. The second-order valence-corrected chi connectivity index (χ2v) is 3.45. The summed E-state index contributed by atoms with van der Waals surface area (Å²) in [6.07, 6.45) is 8.34. The predicted octanol–water partition coefficient (Wildman–Crippen LogP) is 2.94. The van der Waals surface area contributed by atoms with E-state index in [0.29, 0.717) is 12.2 Å². The van der Waals surface area contributed by atoms with Crippen LogP contribution in [0.2, 0.25) is 0 Å². The first kappa shape index (κ1) is 8.41. The second kappa shape index (κ2) is 3.14. The molecule has 0 heterocycles. The minimum absolute atomic E-state index is 0.297. The van der Waals surface area contributed by atoms with E-state index in [1.54, 1.807) is 18.2 Å². The fourth-order valence-corrected chi connectivity index (χ4v) is 1.29. The van der Waals surface area contributed by atoms with Crippen LogP contribution in [-0.4, -0.2) is 9.98 Å². The van der Waals surface area contributed by atoms with Gasteiger partial charge in [0.1, 0.15) is 5.76 Å². The Morgan fingerprint density at radius 3 is 3.00 bits per heavy atom. The fourth-order valence-electron chi connectivity index (χ4n) is 1.04. The zero-order valence-corrected chi connectivity index (χ0v) is 7.01.